The highest BCUT2D eigenvalue weighted by atomic mass is 16.3. The minimum Gasteiger partial charge on any atom is -0.392 e. The molecule has 2 nitrogen and oxygen atoms in total. The zero-order valence-corrected chi connectivity index (χ0v) is 11.6. The first kappa shape index (κ1) is 15.0. The van der Waals surface area contributed by atoms with Gasteiger partial charge in [0, 0.05) is 6.04 Å². The summed E-state index contributed by atoms with van der Waals surface area (Å²) < 4.78 is 0. The SMILES string of the molecule is CCCCCCCCN[C@H]1CCCCC[C@@H]1O. The zero-order valence-electron chi connectivity index (χ0n) is 11.6. The number of aliphatic hydroxyl groups is 1. The van der Waals surface area contributed by atoms with E-state index in [1.165, 1.54) is 57.8 Å². The van der Waals surface area contributed by atoms with E-state index in [-0.39, 0.29) is 6.10 Å². The third-order valence-electron chi connectivity index (χ3n) is 3.92. The lowest BCUT2D eigenvalue weighted by atomic mass is 10.1. The third kappa shape index (κ3) is 7.05. The molecule has 102 valence electrons. The molecule has 0 aromatic rings. The van der Waals surface area contributed by atoms with E-state index < -0.39 is 0 Å². The Morgan fingerprint density at radius 3 is 2.47 bits per heavy atom. The molecular weight excluding hydrogens is 210 g/mol. The van der Waals surface area contributed by atoms with Crippen molar-refractivity contribution in [1.29, 1.82) is 0 Å². The van der Waals surface area contributed by atoms with Gasteiger partial charge < -0.3 is 10.4 Å². The number of aliphatic hydroxyl groups excluding tert-OH is 1. The summed E-state index contributed by atoms with van der Waals surface area (Å²) in [6, 6.07) is 0.369. The van der Waals surface area contributed by atoms with Crippen LogP contribution in [0.3, 0.4) is 0 Å². The average Bonchev–Trinajstić information content (AvgIpc) is 2.53. The van der Waals surface area contributed by atoms with Crippen LogP contribution in [0.4, 0.5) is 0 Å². The molecule has 2 atom stereocenters. The number of hydrogen-bond donors (Lipinski definition) is 2. The van der Waals surface area contributed by atoms with Gasteiger partial charge in [0.2, 0.25) is 0 Å². The highest BCUT2D eigenvalue weighted by Crippen LogP contribution is 2.18. The molecule has 0 aromatic carbocycles. The summed E-state index contributed by atoms with van der Waals surface area (Å²) in [5, 5.41) is 13.5. The zero-order chi connectivity index (χ0) is 12.3. The summed E-state index contributed by atoms with van der Waals surface area (Å²) in [5.41, 5.74) is 0. The van der Waals surface area contributed by atoms with E-state index in [2.05, 4.69) is 12.2 Å². The molecule has 1 fully saturated rings. The standard InChI is InChI=1S/C15H31NO/c1-2-3-4-5-6-10-13-16-14-11-8-7-9-12-15(14)17/h14-17H,2-13H2,1H3/t14-,15-/m0/s1. The van der Waals surface area contributed by atoms with Crippen molar-refractivity contribution >= 4 is 0 Å². The second-order valence-corrected chi connectivity index (χ2v) is 5.53. The van der Waals surface area contributed by atoms with Crippen LogP contribution in [-0.4, -0.2) is 23.8 Å². The maximum atomic E-state index is 9.96. The van der Waals surface area contributed by atoms with Gasteiger partial charge in [-0.15, -0.1) is 0 Å². The summed E-state index contributed by atoms with van der Waals surface area (Å²) in [4.78, 5) is 0. The number of hydrogen-bond acceptors (Lipinski definition) is 2. The number of nitrogens with one attached hydrogen (secondary N) is 1. The molecule has 1 aliphatic carbocycles. The molecule has 0 bridgehead atoms. The highest BCUT2D eigenvalue weighted by molar-refractivity contribution is 4.78. The predicted octanol–water partition coefficient (Wildman–Crippen LogP) is 3.63. The first-order chi connectivity index (χ1) is 8.34. The van der Waals surface area contributed by atoms with Crippen molar-refractivity contribution in [3.63, 3.8) is 0 Å². The Hall–Kier alpha value is -0.0800. The topological polar surface area (TPSA) is 32.3 Å². The minimum atomic E-state index is -0.0995. The average molecular weight is 241 g/mol. The smallest absolute Gasteiger partial charge is 0.0693 e. The Labute approximate surface area is 107 Å². The molecule has 1 rings (SSSR count). The Kier molecular flexibility index (Phi) is 8.72. The van der Waals surface area contributed by atoms with Gasteiger partial charge in [0.25, 0.3) is 0 Å². The molecule has 0 unspecified atom stereocenters. The fourth-order valence-electron chi connectivity index (χ4n) is 2.72. The lowest BCUT2D eigenvalue weighted by Crippen LogP contribution is -2.39. The maximum Gasteiger partial charge on any atom is 0.0693 e. The van der Waals surface area contributed by atoms with Crippen molar-refractivity contribution in [2.24, 2.45) is 0 Å². The van der Waals surface area contributed by atoms with Crippen LogP contribution in [0.25, 0.3) is 0 Å². The second kappa shape index (κ2) is 9.90. The first-order valence-corrected chi connectivity index (χ1v) is 7.76. The fourth-order valence-corrected chi connectivity index (χ4v) is 2.72. The molecule has 0 amide bonds. The van der Waals surface area contributed by atoms with E-state index in [0.717, 1.165) is 19.4 Å². The fraction of sp³-hybridized carbons (Fsp3) is 1.00. The van der Waals surface area contributed by atoms with E-state index >= 15 is 0 Å². The Morgan fingerprint density at radius 1 is 0.941 bits per heavy atom. The van der Waals surface area contributed by atoms with E-state index in [9.17, 15) is 5.11 Å². The Morgan fingerprint density at radius 2 is 1.65 bits per heavy atom. The Bertz CT molecular complexity index is 172. The summed E-state index contributed by atoms with van der Waals surface area (Å²) >= 11 is 0. The van der Waals surface area contributed by atoms with Crippen LogP contribution >= 0.6 is 0 Å². The van der Waals surface area contributed by atoms with Gasteiger partial charge in [-0.1, -0.05) is 58.3 Å². The van der Waals surface area contributed by atoms with Gasteiger partial charge >= 0.3 is 0 Å². The van der Waals surface area contributed by atoms with E-state index in [1.54, 1.807) is 0 Å². The van der Waals surface area contributed by atoms with Gasteiger partial charge in [0.05, 0.1) is 6.10 Å². The molecule has 1 aliphatic rings. The Balaban J connectivity index is 1.97. The molecule has 0 radical (unpaired) electrons. The summed E-state index contributed by atoms with van der Waals surface area (Å²) in [7, 11) is 0. The highest BCUT2D eigenvalue weighted by Gasteiger charge is 2.20. The minimum absolute atomic E-state index is 0.0995. The second-order valence-electron chi connectivity index (χ2n) is 5.53. The molecule has 17 heavy (non-hydrogen) atoms. The van der Waals surface area contributed by atoms with Crippen LogP contribution in [-0.2, 0) is 0 Å². The number of unbranched alkanes of at least 4 members (excludes halogenated alkanes) is 5. The van der Waals surface area contributed by atoms with Gasteiger partial charge in [-0.25, -0.2) is 0 Å². The molecule has 0 aliphatic heterocycles. The van der Waals surface area contributed by atoms with Gasteiger partial charge in [-0.3, -0.25) is 0 Å². The monoisotopic (exact) mass is 241 g/mol. The van der Waals surface area contributed by atoms with Crippen LogP contribution in [0.5, 0.6) is 0 Å². The van der Waals surface area contributed by atoms with Crippen LogP contribution < -0.4 is 5.32 Å². The van der Waals surface area contributed by atoms with Gasteiger partial charge in [0.15, 0.2) is 0 Å². The molecule has 2 N–H and O–H groups in total. The molecule has 0 saturated heterocycles. The lowest BCUT2D eigenvalue weighted by molar-refractivity contribution is 0.120. The lowest BCUT2D eigenvalue weighted by Gasteiger charge is -2.21. The van der Waals surface area contributed by atoms with Gasteiger partial charge in [-0.2, -0.15) is 0 Å². The molecule has 0 heterocycles. The quantitative estimate of drug-likeness (QED) is 0.502. The van der Waals surface area contributed by atoms with Crippen LogP contribution in [0.15, 0.2) is 0 Å². The van der Waals surface area contributed by atoms with Crippen LogP contribution in [0.1, 0.15) is 77.6 Å². The number of rotatable bonds is 8. The molecule has 0 aromatic heterocycles. The third-order valence-corrected chi connectivity index (χ3v) is 3.92. The maximum absolute atomic E-state index is 9.96. The molecule has 0 spiro atoms. The summed E-state index contributed by atoms with van der Waals surface area (Å²) in [6.07, 6.45) is 13.9. The summed E-state index contributed by atoms with van der Waals surface area (Å²) in [5.74, 6) is 0. The normalized spacial score (nSPS) is 25.8. The molecular formula is C15H31NO. The van der Waals surface area contributed by atoms with E-state index in [1.807, 2.05) is 0 Å². The van der Waals surface area contributed by atoms with Crippen LogP contribution in [0, 0.1) is 0 Å². The van der Waals surface area contributed by atoms with Crippen molar-refractivity contribution in [2.45, 2.75) is 89.7 Å². The summed E-state index contributed by atoms with van der Waals surface area (Å²) in [6.45, 7) is 3.35. The first-order valence-electron chi connectivity index (χ1n) is 7.76. The molecule has 1 saturated carbocycles. The van der Waals surface area contributed by atoms with Crippen molar-refractivity contribution in [2.75, 3.05) is 6.54 Å². The van der Waals surface area contributed by atoms with Gasteiger partial charge in [-0.05, 0) is 25.8 Å². The van der Waals surface area contributed by atoms with Crippen molar-refractivity contribution < 1.29 is 5.11 Å². The predicted molar refractivity (Wildman–Crippen MR) is 74.3 cm³/mol. The largest absolute Gasteiger partial charge is 0.392 e. The molecule has 2 heteroatoms. The van der Waals surface area contributed by atoms with E-state index in [0.29, 0.717) is 6.04 Å². The van der Waals surface area contributed by atoms with Crippen molar-refractivity contribution in [3.05, 3.63) is 0 Å². The van der Waals surface area contributed by atoms with Crippen molar-refractivity contribution in [3.8, 4) is 0 Å². The van der Waals surface area contributed by atoms with Gasteiger partial charge in [0.1, 0.15) is 0 Å². The van der Waals surface area contributed by atoms with E-state index in [4.69, 9.17) is 0 Å². The van der Waals surface area contributed by atoms with Crippen molar-refractivity contribution in [1.82, 2.24) is 5.32 Å². The van der Waals surface area contributed by atoms with Crippen LogP contribution in [0.2, 0.25) is 0 Å².